The molecule has 0 aliphatic rings. The number of urea groups is 1. The molecule has 0 fully saturated rings. The normalized spacial score (nSPS) is 12.5. The Kier molecular flexibility index (Phi) is 7.92. The number of fused-ring (bicyclic) bond motifs is 1. The molecule has 0 unspecified atom stereocenters. The van der Waals surface area contributed by atoms with Crippen LogP contribution in [0, 0.1) is 0 Å². The largest absolute Gasteiger partial charge is 0.350 e. The van der Waals surface area contributed by atoms with Gasteiger partial charge in [-0.2, -0.15) is 27.1 Å². The van der Waals surface area contributed by atoms with Crippen molar-refractivity contribution in [2.75, 3.05) is 10.6 Å². The number of hydrogen-bond acceptors (Lipinski definition) is 9. The van der Waals surface area contributed by atoms with Crippen LogP contribution in [0.3, 0.4) is 0 Å². The molecular weight excluding hydrogens is 583 g/mol. The lowest BCUT2D eigenvalue weighted by Crippen LogP contribution is -2.20. The van der Waals surface area contributed by atoms with Gasteiger partial charge in [-0.1, -0.05) is 24.3 Å². The lowest BCUT2D eigenvalue weighted by molar-refractivity contribution is 0.262. The van der Waals surface area contributed by atoms with Crippen molar-refractivity contribution in [3.8, 4) is 0 Å². The van der Waals surface area contributed by atoms with E-state index in [2.05, 4.69) is 27.2 Å². The summed E-state index contributed by atoms with van der Waals surface area (Å²) in [4.78, 5) is 30.5. The number of benzene rings is 4. The van der Waals surface area contributed by atoms with Gasteiger partial charge in [-0.05, 0) is 60.9 Å². The SMILES string of the molecule is C=P(O)(O)c1cccc(NC(=O)Nc2ccc(/N=N/c3cc(S(=O)(=O)O)c4cccc(S(=O)(=O)O)c4c3)cc2)c1. The highest BCUT2D eigenvalue weighted by molar-refractivity contribution is 7.86. The van der Waals surface area contributed by atoms with Gasteiger partial charge in [0, 0.05) is 27.5 Å². The highest BCUT2D eigenvalue weighted by Crippen LogP contribution is 2.34. The maximum atomic E-state index is 12.3. The van der Waals surface area contributed by atoms with E-state index in [0.29, 0.717) is 11.4 Å². The molecule has 0 atom stereocenters. The van der Waals surface area contributed by atoms with Gasteiger partial charge in [0.2, 0.25) is 0 Å². The van der Waals surface area contributed by atoms with Gasteiger partial charge in [-0.25, -0.2) is 4.79 Å². The summed E-state index contributed by atoms with van der Waals surface area (Å²) in [6.45, 7) is 0. The number of anilines is 2. The van der Waals surface area contributed by atoms with Crippen molar-refractivity contribution >= 4 is 78.7 Å². The number of amides is 2. The molecule has 6 N–H and O–H groups in total. The summed E-state index contributed by atoms with van der Waals surface area (Å²) in [5.41, 5.74) is 0.831. The number of nitrogens with zero attached hydrogens (tertiary/aromatic N) is 2. The van der Waals surface area contributed by atoms with Crippen molar-refractivity contribution in [3.05, 3.63) is 78.9 Å². The average molecular weight is 605 g/mol. The standard InChI is InChI=1S/C24H21N4O9PS2/c1-38(30,31)19-5-2-4-17(12-19)26-24(29)25-15-8-10-16(11-9-15)27-28-18-13-21-20(23(14-18)40(35,36)37)6-3-7-22(21)39(32,33)34/h2-14,30-31H,1H2,(H2,25,26,29)(H,32,33,34)(H,35,36,37)/b28-27+. The highest BCUT2D eigenvalue weighted by atomic mass is 32.2. The van der Waals surface area contributed by atoms with E-state index in [1.165, 1.54) is 60.7 Å². The number of azo groups is 1. The molecule has 0 saturated heterocycles. The molecule has 13 nitrogen and oxygen atoms in total. The van der Waals surface area contributed by atoms with Crippen LogP contribution in [0.1, 0.15) is 0 Å². The summed E-state index contributed by atoms with van der Waals surface area (Å²) in [6, 6.07) is 17.1. The molecule has 0 heterocycles. The average Bonchev–Trinajstić information content (AvgIpc) is 2.86. The van der Waals surface area contributed by atoms with Crippen LogP contribution in [0.4, 0.5) is 27.5 Å². The molecule has 2 amide bonds. The molecule has 4 aromatic carbocycles. The fourth-order valence-electron chi connectivity index (χ4n) is 3.63. The number of carbonyl (C=O) groups is 1. The third-order valence-electron chi connectivity index (χ3n) is 5.38. The summed E-state index contributed by atoms with van der Waals surface area (Å²) in [5, 5.41) is 12.9. The predicted octanol–water partition coefficient (Wildman–Crippen LogP) is 4.28. The van der Waals surface area contributed by atoms with Crippen molar-refractivity contribution in [1.82, 2.24) is 0 Å². The van der Waals surface area contributed by atoms with Crippen molar-refractivity contribution in [2.45, 2.75) is 9.79 Å². The van der Waals surface area contributed by atoms with Crippen LogP contribution in [0.25, 0.3) is 10.8 Å². The molecule has 208 valence electrons. The zero-order chi connectivity index (χ0) is 29.3. The second kappa shape index (κ2) is 10.9. The Balaban J connectivity index is 1.55. The first-order valence-corrected chi connectivity index (χ1v) is 15.8. The van der Waals surface area contributed by atoms with Crippen molar-refractivity contribution in [3.63, 3.8) is 0 Å². The Morgan fingerprint density at radius 1 is 0.700 bits per heavy atom. The summed E-state index contributed by atoms with van der Waals surface area (Å²) in [6.07, 6.45) is 3.32. The monoisotopic (exact) mass is 604 g/mol. The van der Waals surface area contributed by atoms with Gasteiger partial charge < -0.3 is 20.4 Å². The molecule has 0 aliphatic heterocycles. The number of rotatable bonds is 7. The second-order valence-electron chi connectivity index (χ2n) is 8.35. The van der Waals surface area contributed by atoms with E-state index in [4.69, 9.17) is 0 Å². The number of nitrogens with one attached hydrogen (secondary N) is 2. The van der Waals surface area contributed by atoms with E-state index in [0.717, 1.165) is 12.1 Å². The lowest BCUT2D eigenvalue weighted by Gasteiger charge is -2.12. The third-order valence-corrected chi connectivity index (χ3v) is 8.29. The molecule has 16 heteroatoms. The van der Waals surface area contributed by atoms with Gasteiger partial charge in [-0.3, -0.25) is 9.11 Å². The topological polar surface area (TPSA) is 215 Å². The zero-order valence-electron chi connectivity index (χ0n) is 20.2. The fourth-order valence-corrected chi connectivity index (χ4v) is 5.73. The van der Waals surface area contributed by atoms with Gasteiger partial charge in [0.05, 0.1) is 11.4 Å². The Hall–Kier alpha value is -3.95. The van der Waals surface area contributed by atoms with Crippen molar-refractivity contribution < 1.29 is 40.5 Å². The van der Waals surface area contributed by atoms with Crippen LogP contribution < -0.4 is 15.9 Å². The maximum absolute atomic E-state index is 12.3. The highest BCUT2D eigenvalue weighted by Gasteiger charge is 2.21. The van der Waals surface area contributed by atoms with Crippen LogP contribution in [-0.2, 0) is 20.2 Å². The van der Waals surface area contributed by atoms with E-state index in [1.807, 2.05) is 0 Å². The smallest absolute Gasteiger partial charge is 0.323 e. The molecule has 0 aromatic heterocycles. The lowest BCUT2D eigenvalue weighted by atomic mass is 10.1. The van der Waals surface area contributed by atoms with Crippen LogP contribution in [0.5, 0.6) is 0 Å². The van der Waals surface area contributed by atoms with E-state index in [-0.39, 0.29) is 27.5 Å². The van der Waals surface area contributed by atoms with Crippen molar-refractivity contribution in [1.29, 1.82) is 0 Å². The quantitative estimate of drug-likeness (QED) is 0.101. The molecule has 4 rings (SSSR count). The summed E-state index contributed by atoms with van der Waals surface area (Å²) >= 11 is 0. The molecule has 0 saturated carbocycles. The molecule has 0 radical (unpaired) electrons. The molecule has 0 spiro atoms. The number of carbonyl (C=O) groups excluding carboxylic acids is 1. The van der Waals surface area contributed by atoms with Crippen LogP contribution in [-0.4, -0.2) is 48.1 Å². The Bertz CT molecular complexity index is 1920. The van der Waals surface area contributed by atoms with Gasteiger partial charge in [0.1, 0.15) is 17.1 Å². The molecule has 0 aliphatic carbocycles. The Morgan fingerprint density at radius 2 is 1.30 bits per heavy atom. The van der Waals surface area contributed by atoms with E-state index in [9.17, 15) is 40.5 Å². The van der Waals surface area contributed by atoms with Crippen LogP contribution in [0.15, 0.2) is 98.9 Å². The first-order chi connectivity index (χ1) is 18.6. The predicted molar refractivity (Wildman–Crippen MR) is 151 cm³/mol. The second-order valence-corrected chi connectivity index (χ2v) is 13.1. The van der Waals surface area contributed by atoms with Gasteiger partial charge >= 0.3 is 6.03 Å². The minimum atomic E-state index is -4.80. The van der Waals surface area contributed by atoms with Gasteiger partial charge in [-0.15, -0.1) is 0 Å². The first-order valence-electron chi connectivity index (χ1n) is 11.0. The summed E-state index contributed by atoms with van der Waals surface area (Å²) < 4.78 is 66.7. The maximum Gasteiger partial charge on any atom is 0.323 e. The Morgan fingerprint density at radius 3 is 1.93 bits per heavy atom. The van der Waals surface area contributed by atoms with E-state index < -0.39 is 43.4 Å². The third kappa shape index (κ3) is 6.97. The van der Waals surface area contributed by atoms with Gasteiger partial charge in [0.15, 0.2) is 0 Å². The molecule has 4 aromatic rings. The van der Waals surface area contributed by atoms with Crippen molar-refractivity contribution in [2.24, 2.45) is 10.2 Å². The van der Waals surface area contributed by atoms with E-state index in [1.54, 1.807) is 6.07 Å². The van der Waals surface area contributed by atoms with Crippen LogP contribution in [0.2, 0.25) is 0 Å². The zero-order valence-corrected chi connectivity index (χ0v) is 22.7. The van der Waals surface area contributed by atoms with Gasteiger partial charge in [0.25, 0.3) is 20.2 Å². The molecule has 40 heavy (non-hydrogen) atoms. The van der Waals surface area contributed by atoms with E-state index >= 15 is 0 Å². The van der Waals surface area contributed by atoms with Crippen LogP contribution >= 0.6 is 7.34 Å². The number of hydrogen-bond donors (Lipinski definition) is 6. The first kappa shape index (κ1) is 29.0. The summed E-state index contributed by atoms with van der Waals surface area (Å²) in [5.74, 6) is 0. The minimum Gasteiger partial charge on any atom is -0.350 e. The minimum absolute atomic E-state index is 0.125. The fraction of sp³-hybridized carbons (Fsp3) is 0. The summed E-state index contributed by atoms with van der Waals surface area (Å²) in [7, 11) is -13.0. The Labute approximate surface area is 228 Å². The molecular formula is C24H21N4O9PS2. The molecule has 0 bridgehead atoms.